The molecule has 0 spiro atoms. The average molecular weight is 238 g/mol. The van der Waals surface area contributed by atoms with E-state index in [1.807, 2.05) is 6.07 Å². The molecule has 0 saturated heterocycles. The van der Waals surface area contributed by atoms with E-state index < -0.39 is 0 Å². The topological polar surface area (TPSA) is 24.4 Å². The zero-order valence-corrected chi connectivity index (χ0v) is 10.3. The van der Waals surface area contributed by atoms with Crippen LogP contribution >= 0.6 is 11.8 Å². The van der Waals surface area contributed by atoms with E-state index in [4.69, 9.17) is 0 Å². The van der Waals surface area contributed by atoms with Gasteiger partial charge in [0.2, 0.25) is 0 Å². The van der Waals surface area contributed by atoms with Crippen molar-refractivity contribution in [2.24, 2.45) is 10.4 Å². The number of anilines is 1. The van der Waals surface area contributed by atoms with Crippen LogP contribution in [0.1, 0.15) is 13.8 Å². The Kier molecular flexibility index (Phi) is 3.19. The number of nitrogens with zero attached hydrogens (tertiary/aromatic N) is 1. The smallest absolute Gasteiger partial charge is 0.161 e. The van der Waals surface area contributed by atoms with Gasteiger partial charge in [-0.05, 0) is 23.6 Å². The molecule has 1 aliphatic heterocycles. The van der Waals surface area contributed by atoms with Crippen molar-refractivity contribution in [3.8, 4) is 0 Å². The standard InChI is InChI=1S/C12H15FN2S/c1-12(2)7-14-11(16-8-12)15-10-5-3-4-9(13)6-10/h3-6H,7-8H2,1-2H3,(H,14,15). The lowest BCUT2D eigenvalue weighted by Gasteiger charge is -2.27. The van der Waals surface area contributed by atoms with Crippen LogP contribution in [-0.4, -0.2) is 17.5 Å². The number of benzene rings is 1. The predicted molar refractivity (Wildman–Crippen MR) is 68.6 cm³/mol. The van der Waals surface area contributed by atoms with E-state index >= 15 is 0 Å². The van der Waals surface area contributed by atoms with E-state index in [0.29, 0.717) is 0 Å². The Morgan fingerprint density at radius 3 is 2.88 bits per heavy atom. The van der Waals surface area contributed by atoms with E-state index in [-0.39, 0.29) is 11.2 Å². The van der Waals surface area contributed by atoms with Gasteiger partial charge in [-0.15, -0.1) is 0 Å². The quantitative estimate of drug-likeness (QED) is 0.811. The van der Waals surface area contributed by atoms with E-state index in [0.717, 1.165) is 23.2 Å². The molecule has 0 saturated carbocycles. The van der Waals surface area contributed by atoms with E-state index in [9.17, 15) is 4.39 Å². The van der Waals surface area contributed by atoms with E-state index in [1.165, 1.54) is 12.1 Å². The number of thioether (sulfide) groups is 1. The van der Waals surface area contributed by atoms with Crippen molar-refractivity contribution in [3.63, 3.8) is 0 Å². The highest BCUT2D eigenvalue weighted by Crippen LogP contribution is 2.28. The molecular formula is C12H15FN2S. The fourth-order valence-electron chi connectivity index (χ4n) is 1.41. The van der Waals surface area contributed by atoms with Crippen molar-refractivity contribution >= 4 is 22.6 Å². The second-order valence-electron chi connectivity index (χ2n) is 4.71. The number of nitrogens with one attached hydrogen (secondary N) is 1. The lowest BCUT2D eigenvalue weighted by atomic mass is 9.97. The van der Waals surface area contributed by atoms with Crippen LogP contribution in [0.15, 0.2) is 29.3 Å². The molecule has 1 aromatic carbocycles. The first-order valence-corrected chi connectivity index (χ1v) is 6.24. The second-order valence-corrected chi connectivity index (χ2v) is 5.67. The summed E-state index contributed by atoms with van der Waals surface area (Å²) in [5.41, 5.74) is 1.02. The summed E-state index contributed by atoms with van der Waals surface area (Å²) in [6.45, 7) is 5.21. The number of halogens is 1. The van der Waals surface area contributed by atoms with Crippen molar-refractivity contribution < 1.29 is 4.39 Å². The second kappa shape index (κ2) is 4.45. The molecule has 1 aliphatic rings. The van der Waals surface area contributed by atoms with Crippen molar-refractivity contribution in [2.75, 3.05) is 17.6 Å². The zero-order chi connectivity index (χ0) is 11.6. The van der Waals surface area contributed by atoms with Gasteiger partial charge in [0.15, 0.2) is 5.17 Å². The summed E-state index contributed by atoms with van der Waals surface area (Å²) in [6.07, 6.45) is 0. The molecule has 0 radical (unpaired) electrons. The summed E-state index contributed by atoms with van der Waals surface area (Å²) < 4.78 is 13.0. The Morgan fingerprint density at radius 2 is 2.25 bits per heavy atom. The molecule has 1 N–H and O–H groups in total. The minimum atomic E-state index is -0.230. The van der Waals surface area contributed by atoms with Crippen LogP contribution in [0.2, 0.25) is 0 Å². The molecule has 0 fully saturated rings. The number of hydrogen-bond acceptors (Lipinski definition) is 3. The van der Waals surface area contributed by atoms with Crippen molar-refractivity contribution in [3.05, 3.63) is 30.1 Å². The van der Waals surface area contributed by atoms with Crippen LogP contribution < -0.4 is 5.32 Å². The van der Waals surface area contributed by atoms with E-state index in [1.54, 1.807) is 17.8 Å². The molecule has 1 aromatic rings. The highest BCUT2D eigenvalue weighted by atomic mass is 32.2. The fourth-order valence-corrected chi connectivity index (χ4v) is 2.37. The summed E-state index contributed by atoms with van der Waals surface area (Å²) in [4.78, 5) is 4.45. The maximum absolute atomic E-state index is 13.0. The van der Waals surface area contributed by atoms with Crippen LogP contribution in [0, 0.1) is 11.2 Å². The van der Waals surface area contributed by atoms with Gasteiger partial charge >= 0.3 is 0 Å². The average Bonchev–Trinajstić information content (AvgIpc) is 2.21. The minimum Gasteiger partial charge on any atom is -0.335 e. The maximum atomic E-state index is 13.0. The minimum absolute atomic E-state index is 0.230. The molecule has 16 heavy (non-hydrogen) atoms. The number of rotatable bonds is 1. The highest BCUT2D eigenvalue weighted by molar-refractivity contribution is 8.14. The first-order chi connectivity index (χ1) is 7.55. The summed E-state index contributed by atoms with van der Waals surface area (Å²) in [5, 5.41) is 4.01. The summed E-state index contributed by atoms with van der Waals surface area (Å²) in [6, 6.07) is 6.44. The number of hydrogen-bond donors (Lipinski definition) is 1. The molecule has 0 bridgehead atoms. The Hall–Kier alpha value is -1.03. The third-order valence-electron chi connectivity index (χ3n) is 2.33. The molecule has 0 aliphatic carbocycles. The maximum Gasteiger partial charge on any atom is 0.161 e. The Labute approximate surface area is 99.3 Å². The lowest BCUT2D eigenvalue weighted by Crippen LogP contribution is -2.27. The molecule has 2 nitrogen and oxygen atoms in total. The monoisotopic (exact) mass is 238 g/mol. The molecular weight excluding hydrogens is 223 g/mol. The molecule has 0 atom stereocenters. The van der Waals surface area contributed by atoms with Gasteiger partial charge in [0, 0.05) is 18.0 Å². The lowest BCUT2D eigenvalue weighted by molar-refractivity contribution is 0.438. The third kappa shape index (κ3) is 2.98. The first kappa shape index (κ1) is 11.5. The van der Waals surface area contributed by atoms with Crippen molar-refractivity contribution in [2.45, 2.75) is 13.8 Å². The van der Waals surface area contributed by atoms with Gasteiger partial charge in [-0.25, -0.2) is 4.39 Å². The molecule has 0 amide bonds. The molecule has 1 heterocycles. The van der Waals surface area contributed by atoms with Crippen molar-refractivity contribution in [1.82, 2.24) is 0 Å². The van der Waals surface area contributed by atoms with Crippen LogP contribution in [0.5, 0.6) is 0 Å². The number of aliphatic imine (C=N–C) groups is 1. The van der Waals surface area contributed by atoms with Gasteiger partial charge in [-0.2, -0.15) is 0 Å². The number of amidine groups is 1. The molecule has 86 valence electrons. The van der Waals surface area contributed by atoms with Gasteiger partial charge in [0.05, 0.1) is 0 Å². The Morgan fingerprint density at radius 1 is 1.44 bits per heavy atom. The van der Waals surface area contributed by atoms with Gasteiger partial charge in [0.1, 0.15) is 5.82 Å². The summed E-state index contributed by atoms with van der Waals surface area (Å²) >= 11 is 1.69. The van der Waals surface area contributed by atoms with Crippen LogP contribution in [0.3, 0.4) is 0 Å². The largest absolute Gasteiger partial charge is 0.335 e. The van der Waals surface area contributed by atoms with Gasteiger partial charge in [-0.3, -0.25) is 4.99 Å². The molecule has 2 rings (SSSR count). The SMILES string of the molecule is CC1(C)CN=C(Nc2cccc(F)c2)SC1. The Balaban J connectivity index is 2.04. The first-order valence-electron chi connectivity index (χ1n) is 5.25. The fraction of sp³-hybridized carbons (Fsp3) is 0.417. The summed E-state index contributed by atoms with van der Waals surface area (Å²) in [5.74, 6) is 0.806. The molecule has 0 aromatic heterocycles. The van der Waals surface area contributed by atoms with Gasteiger partial charge in [-0.1, -0.05) is 31.7 Å². The van der Waals surface area contributed by atoms with Crippen LogP contribution in [-0.2, 0) is 0 Å². The van der Waals surface area contributed by atoms with E-state index in [2.05, 4.69) is 24.2 Å². The normalized spacial score (nSPS) is 19.1. The van der Waals surface area contributed by atoms with Gasteiger partial charge < -0.3 is 5.32 Å². The molecule has 0 unspecified atom stereocenters. The Bertz CT molecular complexity index is 415. The van der Waals surface area contributed by atoms with Crippen molar-refractivity contribution in [1.29, 1.82) is 0 Å². The van der Waals surface area contributed by atoms with Gasteiger partial charge in [0.25, 0.3) is 0 Å². The van der Waals surface area contributed by atoms with Crippen LogP contribution in [0.4, 0.5) is 10.1 Å². The third-order valence-corrected chi connectivity index (χ3v) is 3.76. The molecule has 4 heteroatoms. The summed E-state index contributed by atoms with van der Waals surface area (Å²) in [7, 11) is 0. The zero-order valence-electron chi connectivity index (χ0n) is 9.46. The highest BCUT2D eigenvalue weighted by Gasteiger charge is 2.23. The van der Waals surface area contributed by atoms with Crippen LogP contribution in [0.25, 0.3) is 0 Å². The predicted octanol–water partition coefficient (Wildman–Crippen LogP) is 3.37.